The number of rotatable bonds is 0. The molecule has 2 heterocycles. The highest BCUT2D eigenvalue weighted by Gasteiger charge is 2.22. The zero-order valence-corrected chi connectivity index (χ0v) is 8.88. The van der Waals surface area contributed by atoms with Gasteiger partial charge in [-0.25, -0.2) is 4.98 Å². The van der Waals surface area contributed by atoms with E-state index < -0.39 is 0 Å². The highest BCUT2D eigenvalue weighted by Crippen LogP contribution is 2.24. The average molecular weight is 207 g/mol. The van der Waals surface area contributed by atoms with Crippen molar-refractivity contribution in [2.24, 2.45) is 0 Å². The van der Waals surface area contributed by atoms with Crippen molar-refractivity contribution in [3.8, 4) is 0 Å². The van der Waals surface area contributed by atoms with Gasteiger partial charge in [-0.2, -0.15) is 5.10 Å². The van der Waals surface area contributed by atoms with Crippen LogP contribution in [0, 0.1) is 0 Å². The number of aromatic amines is 2. The maximum Gasteiger partial charge on any atom is 0.280 e. The van der Waals surface area contributed by atoms with Crippen molar-refractivity contribution in [1.82, 2.24) is 20.2 Å². The zero-order chi connectivity index (χ0) is 11.2. The Morgan fingerprint density at radius 2 is 1.93 bits per heavy atom. The second-order valence-corrected chi connectivity index (χ2v) is 4.50. The molecule has 2 aromatic rings. The van der Waals surface area contributed by atoms with Crippen LogP contribution in [0.5, 0.6) is 0 Å². The third-order valence-electron chi connectivity index (χ3n) is 2.18. The van der Waals surface area contributed by atoms with Crippen molar-refractivity contribution in [2.75, 3.05) is 5.73 Å². The monoisotopic (exact) mass is 207 g/mol. The summed E-state index contributed by atoms with van der Waals surface area (Å²) in [5.41, 5.74) is 6.68. The van der Waals surface area contributed by atoms with Gasteiger partial charge < -0.3 is 5.73 Å². The van der Waals surface area contributed by atoms with Crippen molar-refractivity contribution in [3.63, 3.8) is 0 Å². The van der Waals surface area contributed by atoms with Crippen LogP contribution in [0.4, 0.5) is 5.95 Å². The highest BCUT2D eigenvalue weighted by molar-refractivity contribution is 5.77. The second kappa shape index (κ2) is 2.82. The minimum absolute atomic E-state index is 0.111. The van der Waals surface area contributed by atoms with E-state index >= 15 is 0 Å². The van der Waals surface area contributed by atoms with Crippen molar-refractivity contribution in [3.05, 3.63) is 16.0 Å². The fraction of sp³-hybridized carbons (Fsp3) is 0.444. The average Bonchev–Trinajstić information content (AvgIpc) is 2.45. The quantitative estimate of drug-likeness (QED) is 0.586. The molecule has 0 amide bonds. The number of H-pyrrole nitrogens is 2. The van der Waals surface area contributed by atoms with Gasteiger partial charge in [0.2, 0.25) is 5.95 Å². The van der Waals surface area contributed by atoms with E-state index in [1.54, 1.807) is 0 Å². The Bertz CT molecular complexity index is 560. The number of hydrogen-bond acceptors (Lipinski definition) is 4. The Morgan fingerprint density at radius 1 is 1.27 bits per heavy atom. The summed E-state index contributed by atoms with van der Waals surface area (Å²) in [5, 5.41) is 6.77. The summed E-state index contributed by atoms with van der Waals surface area (Å²) in [7, 11) is 0. The van der Waals surface area contributed by atoms with Crippen LogP contribution in [0.15, 0.2) is 4.79 Å². The molecule has 2 aromatic heterocycles. The lowest BCUT2D eigenvalue weighted by Crippen LogP contribution is -2.15. The summed E-state index contributed by atoms with van der Waals surface area (Å²) >= 11 is 0. The van der Waals surface area contributed by atoms with Gasteiger partial charge in [-0.1, -0.05) is 20.8 Å². The Balaban J connectivity index is 2.86. The predicted octanol–water partition coefficient (Wildman–Crippen LogP) is 0.526. The van der Waals surface area contributed by atoms with Crippen LogP contribution in [-0.2, 0) is 5.41 Å². The summed E-state index contributed by atoms with van der Waals surface area (Å²) in [5.74, 6) is 0.111. The first-order valence-electron chi connectivity index (χ1n) is 4.64. The molecule has 0 atom stereocenters. The highest BCUT2D eigenvalue weighted by atomic mass is 16.1. The second-order valence-electron chi connectivity index (χ2n) is 4.50. The van der Waals surface area contributed by atoms with Gasteiger partial charge >= 0.3 is 0 Å². The Labute approximate surface area is 85.9 Å². The van der Waals surface area contributed by atoms with Gasteiger partial charge in [0, 0.05) is 5.41 Å². The van der Waals surface area contributed by atoms with E-state index in [1.165, 1.54) is 0 Å². The summed E-state index contributed by atoms with van der Waals surface area (Å²) in [6, 6.07) is 0. The van der Waals surface area contributed by atoms with E-state index in [9.17, 15) is 4.79 Å². The van der Waals surface area contributed by atoms with Gasteiger partial charge in [-0.05, 0) is 0 Å². The van der Waals surface area contributed by atoms with E-state index in [2.05, 4.69) is 20.2 Å². The summed E-state index contributed by atoms with van der Waals surface area (Å²) in [6.07, 6.45) is 0. The zero-order valence-electron chi connectivity index (χ0n) is 8.88. The molecule has 0 aromatic carbocycles. The van der Waals surface area contributed by atoms with Crippen LogP contribution in [-0.4, -0.2) is 20.2 Å². The van der Waals surface area contributed by atoms with Gasteiger partial charge in [0.25, 0.3) is 5.56 Å². The standard InChI is InChI=1S/C9H13N5O/c1-9(2,3)6-4-5(13-14-6)7(15)12-8(10)11-4/h1-3H3,(H,13,14)(H3,10,11,12,15). The van der Waals surface area contributed by atoms with Crippen LogP contribution in [0.2, 0.25) is 0 Å². The minimum Gasteiger partial charge on any atom is -0.369 e. The van der Waals surface area contributed by atoms with E-state index in [0.29, 0.717) is 11.0 Å². The summed E-state index contributed by atoms with van der Waals surface area (Å²) in [4.78, 5) is 18.0. The predicted molar refractivity (Wildman–Crippen MR) is 57.6 cm³/mol. The fourth-order valence-corrected chi connectivity index (χ4v) is 1.45. The first kappa shape index (κ1) is 9.70. The lowest BCUT2D eigenvalue weighted by Gasteiger charge is -2.15. The van der Waals surface area contributed by atoms with Gasteiger partial charge in [0.05, 0.1) is 5.69 Å². The van der Waals surface area contributed by atoms with Crippen molar-refractivity contribution in [2.45, 2.75) is 26.2 Å². The number of nitrogen functional groups attached to an aromatic ring is 1. The molecule has 15 heavy (non-hydrogen) atoms. The first-order chi connectivity index (χ1) is 6.89. The number of fused-ring (bicyclic) bond motifs is 1. The van der Waals surface area contributed by atoms with Gasteiger partial charge in [-0.3, -0.25) is 14.9 Å². The maximum absolute atomic E-state index is 11.5. The molecule has 0 spiro atoms. The summed E-state index contributed by atoms with van der Waals surface area (Å²) < 4.78 is 0. The Morgan fingerprint density at radius 3 is 2.53 bits per heavy atom. The van der Waals surface area contributed by atoms with Crippen LogP contribution in [0.25, 0.3) is 11.0 Å². The van der Waals surface area contributed by atoms with Crippen LogP contribution < -0.4 is 11.3 Å². The molecule has 0 aliphatic rings. The van der Waals surface area contributed by atoms with E-state index in [1.807, 2.05) is 20.8 Å². The molecule has 0 bridgehead atoms. The van der Waals surface area contributed by atoms with E-state index in [-0.39, 0.29) is 16.9 Å². The summed E-state index contributed by atoms with van der Waals surface area (Å²) in [6.45, 7) is 6.04. The number of nitrogens with zero attached hydrogens (tertiary/aromatic N) is 2. The van der Waals surface area contributed by atoms with Gasteiger partial charge in [0.15, 0.2) is 5.52 Å². The molecule has 4 N–H and O–H groups in total. The molecule has 6 nitrogen and oxygen atoms in total. The van der Waals surface area contributed by atoms with Crippen molar-refractivity contribution >= 4 is 17.0 Å². The van der Waals surface area contributed by atoms with Crippen molar-refractivity contribution < 1.29 is 0 Å². The van der Waals surface area contributed by atoms with Crippen LogP contribution >= 0.6 is 0 Å². The normalized spacial score (nSPS) is 12.2. The lowest BCUT2D eigenvalue weighted by molar-refractivity contribution is 0.570. The molecule has 0 unspecified atom stereocenters. The molecule has 0 aliphatic heterocycles. The van der Waals surface area contributed by atoms with Gasteiger partial charge in [-0.15, -0.1) is 0 Å². The minimum atomic E-state index is -0.316. The number of hydrogen-bond donors (Lipinski definition) is 3. The van der Waals surface area contributed by atoms with Crippen molar-refractivity contribution in [1.29, 1.82) is 0 Å². The molecule has 0 saturated carbocycles. The molecule has 0 fully saturated rings. The number of nitrogens with two attached hydrogens (primary N) is 1. The third-order valence-corrected chi connectivity index (χ3v) is 2.18. The van der Waals surface area contributed by atoms with Crippen LogP contribution in [0.3, 0.4) is 0 Å². The smallest absolute Gasteiger partial charge is 0.280 e. The molecule has 0 saturated heterocycles. The molecular formula is C9H13N5O. The molecule has 80 valence electrons. The third kappa shape index (κ3) is 1.47. The fourth-order valence-electron chi connectivity index (χ4n) is 1.45. The molecule has 6 heteroatoms. The maximum atomic E-state index is 11.5. The van der Waals surface area contributed by atoms with Gasteiger partial charge in [0.1, 0.15) is 5.52 Å². The largest absolute Gasteiger partial charge is 0.369 e. The Kier molecular flexibility index (Phi) is 1.82. The van der Waals surface area contributed by atoms with E-state index in [0.717, 1.165) is 5.69 Å². The van der Waals surface area contributed by atoms with E-state index in [4.69, 9.17) is 5.73 Å². The molecule has 2 rings (SSSR count). The lowest BCUT2D eigenvalue weighted by atomic mass is 9.91. The molecule has 0 radical (unpaired) electrons. The topological polar surface area (TPSA) is 100 Å². The van der Waals surface area contributed by atoms with Crippen LogP contribution in [0.1, 0.15) is 26.5 Å². The Hall–Kier alpha value is -1.85. The molecule has 0 aliphatic carbocycles. The number of aromatic nitrogens is 4. The number of anilines is 1. The SMILES string of the molecule is CC(C)(C)c1[nH]nc2c(=O)[nH]c(N)nc12. The number of nitrogens with one attached hydrogen (secondary N) is 2. The molecular weight excluding hydrogens is 194 g/mol. The first-order valence-corrected chi connectivity index (χ1v) is 4.64.